The average molecular weight is 642 g/mol. The molecule has 10 heteroatoms. The van der Waals surface area contributed by atoms with Gasteiger partial charge in [0.15, 0.2) is 17.7 Å². The number of esters is 1. The largest absolute Gasteiger partial charge is 0.488 e. The molecule has 3 heterocycles. The first-order valence-electron chi connectivity index (χ1n) is 15.4. The number of hydrogen-bond donors (Lipinski definition) is 0. The maximum absolute atomic E-state index is 14.0. The third-order valence-electron chi connectivity index (χ3n) is 7.54. The Balaban J connectivity index is 1.65. The summed E-state index contributed by atoms with van der Waals surface area (Å²) in [5, 5.41) is 0.304. The summed E-state index contributed by atoms with van der Waals surface area (Å²) in [5.41, 5.74) is 3.35. The van der Waals surface area contributed by atoms with E-state index in [-0.39, 0.29) is 30.5 Å². The number of hydrogen-bond acceptors (Lipinski definition) is 8. The molecule has 1 aliphatic heterocycles. The molecular weight excluding hydrogens is 597 g/mol. The van der Waals surface area contributed by atoms with Crippen molar-refractivity contribution in [3.8, 4) is 22.8 Å². The van der Waals surface area contributed by atoms with Gasteiger partial charge in [-0.15, -0.1) is 0 Å². The summed E-state index contributed by atoms with van der Waals surface area (Å²) in [6.45, 7) is 17.9. The zero-order valence-corrected chi connectivity index (χ0v) is 28.3. The van der Waals surface area contributed by atoms with Crippen LogP contribution in [-0.4, -0.2) is 53.9 Å². The molecule has 3 aromatic rings. The predicted molar refractivity (Wildman–Crippen MR) is 175 cm³/mol. The van der Waals surface area contributed by atoms with Gasteiger partial charge in [-0.05, 0) is 90.1 Å². The van der Waals surface area contributed by atoms with Crippen LogP contribution in [0.4, 0.5) is 10.1 Å². The molecule has 2 aromatic heterocycles. The summed E-state index contributed by atoms with van der Waals surface area (Å²) >= 11 is 5.81. The van der Waals surface area contributed by atoms with Crippen molar-refractivity contribution < 1.29 is 28.1 Å². The van der Waals surface area contributed by atoms with Crippen LogP contribution in [0.2, 0.25) is 5.02 Å². The fourth-order valence-electron chi connectivity index (χ4n) is 5.19. The van der Waals surface area contributed by atoms with E-state index in [0.717, 1.165) is 37.2 Å². The van der Waals surface area contributed by atoms with Crippen LogP contribution in [0.25, 0.3) is 11.3 Å². The molecule has 0 bridgehead atoms. The van der Waals surface area contributed by atoms with E-state index in [9.17, 15) is 9.18 Å². The Morgan fingerprint density at radius 3 is 2.33 bits per heavy atom. The van der Waals surface area contributed by atoms with Crippen LogP contribution >= 0.6 is 11.6 Å². The Bertz CT molecular complexity index is 1460. The van der Waals surface area contributed by atoms with Gasteiger partial charge in [0.05, 0.1) is 29.3 Å². The number of anilines is 1. The van der Waals surface area contributed by atoms with Crippen LogP contribution < -0.4 is 14.4 Å². The minimum Gasteiger partial charge on any atom is -0.488 e. The van der Waals surface area contributed by atoms with Gasteiger partial charge in [0, 0.05) is 41.1 Å². The molecule has 45 heavy (non-hydrogen) atoms. The molecule has 1 aromatic carbocycles. The third-order valence-corrected chi connectivity index (χ3v) is 7.77. The fraction of sp³-hybridized carbons (Fsp3) is 0.514. The van der Waals surface area contributed by atoms with Crippen LogP contribution in [0.3, 0.4) is 0 Å². The minimum atomic E-state index is -0.974. The highest BCUT2D eigenvalue weighted by Crippen LogP contribution is 2.43. The van der Waals surface area contributed by atoms with Crippen molar-refractivity contribution in [1.29, 1.82) is 0 Å². The van der Waals surface area contributed by atoms with Crippen molar-refractivity contribution in [3.05, 3.63) is 64.8 Å². The first-order valence-corrected chi connectivity index (χ1v) is 15.8. The van der Waals surface area contributed by atoms with Gasteiger partial charge >= 0.3 is 5.97 Å². The van der Waals surface area contributed by atoms with Crippen molar-refractivity contribution in [2.24, 2.45) is 5.41 Å². The number of aromatic nitrogens is 2. The van der Waals surface area contributed by atoms with Gasteiger partial charge in [0.2, 0.25) is 0 Å². The van der Waals surface area contributed by atoms with Crippen molar-refractivity contribution in [2.75, 3.05) is 31.2 Å². The standard InChI is InChI=1S/C35H45ClFN3O5/c1-22(2)44-33(41)32(45-34(4,5)6)30-23(3)38-21-26(31(30)40-15-13-35(7,8)14-16-40)28-11-10-25(20-39-28)42-17-18-43-29-12-9-24(36)19-27(29)37/h9-12,19-22,32H,13-18H2,1-8H3/t32-/m0/s1. The quantitative estimate of drug-likeness (QED) is 0.153. The maximum Gasteiger partial charge on any atom is 0.340 e. The number of benzene rings is 1. The lowest BCUT2D eigenvalue weighted by molar-refractivity contribution is -0.171. The molecule has 0 amide bonds. The number of carbonyl (C=O) groups excluding carboxylic acids is 1. The molecule has 0 unspecified atom stereocenters. The number of halogens is 2. The molecule has 0 saturated carbocycles. The lowest BCUT2D eigenvalue weighted by Gasteiger charge is -2.41. The highest BCUT2D eigenvalue weighted by atomic mass is 35.5. The van der Waals surface area contributed by atoms with Gasteiger partial charge in [0.25, 0.3) is 0 Å². The van der Waals surface area contributed by atoms with Crippen molar-refractivity contribution >= 4 is 23.3 Å². The van der Waals surface area contributed by atoms with E-state index < -0.39 is 23.5 Å². The molecule has 1 fully saturated rings. The summed E-state index contributed by atoms with van der Waals surface area (Å²) in [7, 11) is 0. The first kappa shape index (κ1) is 34.4. The van der Waals surface area contributed by atoms with Crippen LogP contribution in [0.5, 0.6) is 11.5 Å². The molecule has 0 radical (unpaired) electrons. The van der Waals surface area contributed by atoms with E-state index in [4.69, 9.17) is 40.5 Å². The van der Waals surface area contributed by atoms with E-state index in [2.05, 4.69) is 18.7 Å². The first-order chi connectivity index (χ1) is 21.1. The van der Waals surface area contributed by atoms with Crippen LogP contribution in [0, 0.1) is 18.2 Å². The Morgan fingerprint density at radius 1 is 1.04 bits per heavy atom. The molecule has 1 atom stereocenters. The summed E-state index contributed by atoms with van der Waals surface area (Å²) < 4.78 is 37.4. The van der Waals surface area contributed by atoms with Crippen LogP contribution in [0.1, 0.15) is 78.7 Å². The van der Waals surface area contributed by atoms with Crippen molar-refractivity contribution in [3.63, 3.8) is 0 Å². The number of ether oxygens (including phenoxy) is 4. The Kier molecular flexibility index (Phi) is 11.0. The number of nitrogens with zero attached hydrogens (tertiary/aromatic N) is 3. The third kappa shape index (κ3) is 9.30. The van der Waals surface area contributed by atoms with Crippen LogP contribution in [0.15, 0.2) is 42.7 Å². The monoisotopic (exact) mass is 641 g/mol. The summed E-state index contributed by atoms with van der Waals surface area (Å²) in [6.07, 6.45) is 4.17. The van der Waals surface area contributed by atoms with Gasteiger partial charge in [-0.2, -0.15) is 0 Å². The summed E-state index contributed by atoms with van der Waals surface area (Å²) in [6, 6.07) is 7.95. The van der Waals surface area contributed by atoms with E-state index in [0.29, 0.717) is 27.7 Å². The minimum absolute atomic E-state index is 0.110. The molecule has 244 valence electrons. The molecule has 4 rings (SSSR count). The molecule has 1 aliphatic rings. The summed E-state index contributed by atoms with van der Waals surface area (Å²) in [4.78, 5) is 25.4. The second-order valence-electron chi connectivity index (χ2n) is 13.4. The van der Waals surface area contributed by atoms with Crippen LogP contribution in [-0.2, 0) is 14.3 Å². The van der Waals surface area contributed by atoms with Gasteiger partial charge in [-0.1, -0.05) is 25.4 Å². The Hall–Kier alpha value is -3.43. The second-order valence-corrected chi connectivity index (χ2v) is 13.9. The number of carbonyl (C=O) groups is 1. The molecule has 8 nitrogen and oxygen atoms in total. The second kappa shape index (κ2) is 14.3. The molecule has 0 spiro atoms. The topological polar surface area (TPSA) is 83.0 Å². The predicted octanol–water partition coefficient (Wildman–Crippen LogP) is 8.14. The zero-order chi connectivity index (χ0) is 32.9. The smallest absolute Gasteiger partial charge is 0.340 e. The van der Waals surface area contributed by atoms with Gasteiger partial charge in [-0.3, -0.25) is 9.97 Å². The normalized spacial score (nSPS) is 15.6. The van der Waals surface area contributed by atoms with Crippen molar-refractivity contribution in [1.82, 2.24) is 9.97 Å². The van der Waals surface area contributed by atoms with E-state index >= 15 is 0 Å². The SMILES string of the molecule is Cc1ncc(-c2ccc(OCCOc3ccc(Cl)cc3F)cn2)c(N2CCC(C)(C)CC2)c1[C@H](OC(C)(C)C)C(=O)OC(C)C. The van der Waals surface area contributed by atoms with E-state index in [1.165, 1.54) is 12.1 Å². The lowest BCUT2D eigenvalue weighted by Crippen LogP contribution is -2.39. The maximum atomic E-state index is 14.0. The molecule has 0 aliphatic carbocycles. The van der Waals surface area contributed by atoms with Gasteiger partial charge in [-0.25, -0.2) is 9.18 Å². The lowest BCUT2D eigenvalue weighted by atomic mass is 9.82. The van der Waals surface area contributed by atoms with Crippen molar-refractivity contribution in [2.45, 2.75) is 86.0 Å². The number of rotatable bonds is 11. The molecular formula is C35H45ClFN3O5. The van der Waals surface area contributed by atoms with Gasteiger partial charge in [0.1, 0.15) is 19.0 Å². The number of piperidine rings is 1. The number of aryl methyl sites for hydroxylation is 1. The summed E-state index contributed by atoms with van der Waals surface area (Å²) in [5.74, 6) is -0.327. The van der Waals surface area contributed by atoms with Gasteiger partial charge < -0.3 is 23.8 Å². The number of pyridine rings is 2. The molecule has 1 saturated heterocycles. The average Bonchev–Trinajstić information content (AvgIpc) is 2.95. The Morgan fingerprint density at radius 2 is 1.73 bits per heavy atom. The molecule has 0 N–H and O–H groups in total. The highest BCUT2D eigenvalue weighted by Gasteiger charge is 2.37. The van der Waals surface area contributed by atoms with E-state index in [1.807, 2.05) is 59.9 Å². The highest BCUT2D eigenvalue weighted by molar-refractivity contribution is 6.30. The fourth-order valence-corrected chi connectivity index (χ4v) is 5.35. The Labute approximate surface area is 271 Å². The zero-order valence-electron chi connectivity index (χ0n) is 27.6. The van der Waals surface area contributed by atoms with E-state index in [1.54, 1.807) is 12.3 Å².